The molecule has 1 fully saturated rings. The topological polar surface area (TPSA) is 79.2 Å². The molecule has 122 valence electrons. The third-order valence-electron chi connectivity index (χ3n) is 3.88. The lowest BCUT2D eigenvalue weighted by Crippen LogP contribution is -2.51. The van der Waals surface area contributed by atoms with Crippen molar-refractivity contribution in [3.05, 3.63) is 42.5 Å². The van der Waals surface area contributed by atoms with Crippen LogP contribution < -0.4 is 5.32 Å². The van der Waals surface area contributed by atoms with Gasteiger partial charge in [0.05, 0.1) is 12.7 Å². The lowest BCUT2D eigenvalue weighted by molar-refractivity contribution is 0.135. The molecule has 2 amide bonds. The second-order valence-corrected chi connectivity index (χ2v) is 5.52. The SMILES string of the molecule is O=C(NCCn1ccnn1)N1CCN(Cc2cccnc2)CC1. The van der Waals surface area contributed by atoms with Crippen molar-refractivity contribution in [3.63, 3.8) is 0 Å². The minimum Gasteiger partial charge on any atom is -0.336 e. The number of aromatic nitrogens is 4. The van der Waals surface area contributed by atoms with E-state index < -0.39 is 0 Å². The van der Waals surface area contributed by atoms with Gasteiger partial charge in [-0.05, 0) is 11.6 Å². The lowest BCUT2D eigenvalue weighted by atomic mass is 10.2. The molecule has 0 radical (unpaired) electrons. The van der Waals surface area contributed by atoms with Crippen molar-refractivity contribution in [3.8, 4) is 0 Å². The largest absolute Gasteiger partial charge is 0.336 e. The van der Waals surface area contributed by atoms with Gasteiger partial charge in [0.2, 0.25) is 0 Å². The fraction of sp³-hybridized carbons (Fsp3) is 0.467. The quantitative estimate of drug-likeness (QED) is 0.853. The van der Waals surface area contributed by atoms with Crippen LogP contribution in [0.5, 0.6) is 0 Å². The average Bonchev–Trinajstić information content (AvgIpc) is 3.10. The molecule has 8 nitrogen and oxygen atoms in total. The number of hydrogen-bond acceptors (Lipinski definition) is 5. The van der Waals surface area contributed by atoms with E-state index >= 15 is 0 Å². The van der Waals surface area contributed by atoms with Gasteiger partial charge in [-0.3, -0.25) is 14.6 Å². The van der Waals surface area contributed by atoms with E-state index in [4.69, 9.17) is 0 Å². The Bertz CT molecular complexity index is 594. The van der Waals surface area contributed by atoms with Crippen LogP contribution in [0.1, 0.15) is 5.56 Å². The van der Waals surface area contributed by atoms with Gasteiger partial charge in [-0.1, -0.05) is 11.3 Å². The van der Waals surface area contributed by atoms with Gasteiger partial charge in [0.25, 0.3) is 0 Å². The van der Waals surface area contributed by atoms with Crippen LogP contribution in [0, 0.1) is 0 Å². The molecule has 1 N–H and O–H groups in total. The molecule has 0 saturated carbocycles. The van der Waals surface area contributed by atoms with Crippen molar-refractivity contribution in [2.24, 2.45) is 0 Å². The molecule has 0 bridgehead atoms. The van der Waals surface area contributed by atoms with Crippen molar-refractivity contribution in [1.82, 2.24) is 35.1 Å². The van der Waals surface area contributed by atoms with Gasteiger partial charge >= 0.3 is 6.03 Å². The number of carbonyl (C=O) groups excluding carboxylic acids is 1. The van der Waals surface area contributed by atoms with Gasteiger partial charge in [-0.2, -0.15) is 0 Å². The highest BCUT2D eigenvalue weighted by Crippen LogP contribution is 2.07. The van der Waals surface area contributed by atoms with Crippen LogP contribution in [0.15, 0.2) is 36.9 Å². The molecule has 3 rings (SSSR count). The van der Waals surface area contributed by atoms with E-state index in [-0.39, 0.29) is 6.03 Å². The van der Waals surface area contributed by atoms with Crippen LogP contribution in [0.25, 0.3) is 0 Å². The Morgan fingerprint density at radius 3 is 2.78 bits per heavy atom. The van der Waals surface area contributed by atoms with Crippen LogP contribution in [-0.4, -0.2) is 68.5 Å². The van der Waals surface area contributed by atoms with E-state index in [1.165, 1.54) is 5.56 Å². The van der Waals surface area contributed by atoms with Gasteiger partial charge < -0.3 is 10.2 Å². The highest BCUT2D eigenvalue weighted by atomic mass is 16.2. The summed E-state index contributed by atoms with van der Waals surface area (Å²) < 4.78 is 1.70. The van der Waals surface area contributed by atoms with Crippen LogP contribution in [-0.2, 0) is 13.1 Å². The number of urea groups is 1. The van der Waals surface area contributed by atoms with E-state index in [2.05, 4.69) is 31.6 Å². The summed E-state index contributed by atoms with van der Waals surface area (Å²) in [7, 11) is 0. The van der Waals surface area contributed by atoms with Gasteiger partial charge in [0, 0.05) is 57.9 Å². The van der Waals surface area contributed by atoms with Crippen molar-refractivity contribution in [2.45, 2.75) is 13.1 Å². The number of piperazine rings is 1. The second kappa shape index (κ2) is 7.68. The maximum Gasteiger partial charge on any atom is 0.317 e. The Morgan fingerprint density at radius 2 is 2.09 bits per heavy atom. The Labute approximate surface area is 135 Å². The van der Waals surface area contributed by atoms with Gasteiger partial charge in [-0.15, -0.1) is 5.10 Å². The molecule has 2 aromatic rings. The molecule has 1 aliphatic rings. The smallest absolute Gasteiger partial charge is 0.317 e. The van der Waals surface area contributed by atoms with Crippen molar-refractivity contribution >= 4 is 6.03 Å². The van der Waals surface area contributed by atoms with E-state index in [1.54, 1.807) is 23.3 Å². The van der Waals surface area contributed by atoms with Crippen LogP contribution in [0.4, 0.5) is 4.79 Å². The van der Waals surface area contributed by atoms with Crippen LogP contribution in [0.2, 0.25) is 0 Å². The number of rotatable bonds is 5. The van der Waals surface area contributed by atoms with Crippen molar-refractivity contribution in [2.75, 3.05) is 32.7 Å². The predicted molar refractivity (Wildman–Crippen MR) is 84.5 cm³/mol. The number of pyridine rings is 1. The number of amides is 2. The average molecular weight is 315 g/mol. The van der Waals surface area contributed by atoms with Gasteiger partial charge in [-0.25, -0.2) is 4.79 Å². The van der Waals surface area contributed by atoms with Crippen molar-refractivity contribution in [1.29, 1.82) is 0 Å². The fourth-order valence-corrected chi connectivity index (χ4v) is 2.60. The van der Waals surface area contributed by atoms with E-state index in [9.17, 15) is 4.79 Å². The van der Waals surface area contributed by atoms with Gasteiger partial charge in [0.1, 0.15) is 0 Å². The highest BCUT2D eigenvalue weighted by molar-refractivity contribution is 5.74. The Balaban J connectivity index is 1.37. The molecule has 0 atom stereocenters. The molecule has 0 aromatic carbocycles. The summed E-state index contributed by atoms with van der Waals surface area (Å²) in [5.41, 5.74) is 1.21. The molecule has 0 unspecified atom stereocenters. The zero-order valence-corrected chi connectivity index (χ0v) is 13.0. The third kappa shape index (κ3) is 4.49. The predicted octanol–water partition coefficient (Wildman–Crippen LogP) is 0.201. The first-order chi connectivity index (χ1) is 11.3. The molecular formula is C15H21N7O. The summed E-state index contributed by atoms with van der Waals surface area (Å²) in [4.78, 5) is 20.5. The standard InChI is InChI=1S/C15H21N7O/c23-15(17-4-6-22-7-5-18-19-22)21-10-8-20(9-11-21)13-14-2-1-3-16-12-14/h1-3,5,7,12H,4,6,8-11,13H2,(H,17,23). The monoisotopic (exact) mass is 315 g/mol. The minimum atomic E-state index is -0.00820. The third-order valence-corrected chi connectivity index (χ3v) is 3.88. The molecule has 1 aliphatic heterocycles. The number of nitrogens with one attached hydrogen (secondary N) is 1. The van der Waals surface area contributed by atoms with E-state index in [1.807, 2.05) is 17.2 Å². The zero-order chi connectivity index (χ0) is 15.9. The molecule has 23 heavy (non-hydrogen) atoms. The molecule has 8 heteroatoms. The molecule has 3 heterocycles. The van der Waals surface area contributed by atoms with Gasteiger partial charge in [0.15, 0.2) is 0 Å². The molecule has 0 aliphatic carbocycles. The summed E-state index contributed by atoms with van der Waals surface area (Å²) >= 11 is 0. The number of nitrogens with zero attached hydrogens (tertiary/aromatic N) is 6. The second-order valence-electron chi connectivity index (χ2n) is 5.52. The first-order valence-electron chi connectivity index (χ1n) is 7.79. The van der Waals surface area contributed by atoms with E-state index in [0.717, 1.165) is 32.7 Å². The first kappa shape index (κ1) is 15.4. The Morgan fingerprint density at radius 1 is 1.22 bits per heavy atom. The maximum absolute atomic E-state index is 12.1. The lowest BCUT2D eigenvalue weighted by Gasteiger charge is -2.34. The Hall–Kier alpha value is -2.48. The molecule has 0 spiro atoms. The normalized spacial score (nSPS) is 15.6. The molecule has 1 saturated heterocycles. The van der Waals surface area contributed by atoms with Crippen molar-refractivity contribution < 1.29 is 4.79 Å². The van der Waals surface area contributed by atoms with Crippen LogP contribution >= 0.6 is 0 Å². The zero-order valence-electron chi connectivity index (χ0n) is 13.0. The minimum absolute atomic E-state index is 0.00820. The fourth-order valence-electron chi connectivity index (χ4n) is 2.60. The number of carbonyl (C=O) groups is 1. The van der Waals surface area contributed by atoms with Crippen LogP contribution in [0.3, 0.4) is 0 Å². The summed E-state index contributed by atoms with van der Waals surface area (Å²) in [5.74, 6) is 0. The Kier molecular flexibility index (Phi) is 5.15. The first-order valence-corrected chi connectivity index (χ1v) is 7.79. The molecular weight excluding hydrogens is 294 g/mol. The number of hydrogen-bond donors (Lipinski definition) is 1. The van der Waals surface area contributed by atoms with E-state index in [0.29, 0.717) is 13.1 Å². The summed E-state index contributed by atoms with van der Waals surface area (Å²) in [6, 6.07) is 4.02. The molecule has 2 aromatic heterocycles. The maximum atomic E-state index is 12.1. The summed E-state index contributed by atoms with van der Waals surface area (Å²) in [6.45, 7) is 5.32. The summed E-state index contributed by atoms with van der Waals surface area (Å²) in [5, 5.41) is 10.5. The summed E-state index contributed by atoms with van der Waals surface area (Å²) in [6.07, 6.45) is 7.08. The highest BCUT2D eigenvalue weighted by Gasteiger charge is 2.20.